The summed E-state index contributed by atoms with van der Waals surface area (Å²) in [6.07, 6.45) is 1.50. The van der Waals surface area contributed by atoms with Crippen LogP contribution in [0.2, 0.25) is 0 Å². The molecule has 1 aliphatic rings. The molecular weight excluding hydrogens is 388 g/mol. The molecule has 2 aromatic heterocycles. The van der Waals surface area contributed by atoms with Gasteiger partial charge in [-0.1, -0.05) is 29.5 Å². The Labute approximate surface area is 171 Å². The van der Waals surface area contributed by atoms with E-state index >= 15 is 0 Å². The Kier molecular flexibility index (Phi) is 4.55. The summed E-state index contributed by atoms with van der Waals surface area (Å²) in [6.45, 7) is 1.47. The molecule has 1 N–H and O–H groups in total. The number of hydrogen-bond donors (Lipinski definition) is 1. The zero-order valence-electron chi connectivity index (χ0n) is 15.9. The van der Waals surface area contributed by atoms with Crippen LogP contribution in [0.5, 0.6) is 5.75 Å². The summed E-state index contributed by atoms with van der Waals surface area (Å²) in [6, 6.07) is 14.1. The standard InChI is InChI=1S/C21H20N4O3S/c1-27-16-7-4-8-17-18(16)23-20(29-17)24-19(26)13-9-11-25(12-10-13)21-22-14-5-2-3-6-15(14)28-21/h2-8,13H,9-12H2,1H3,(H,23,24,26). The van der Waals surface area contributed by atoms with Crippen molar-refractivity contribution in [2.45, 2.75) is 12.8 Å². The zero-order valence-corrected chi connectivity index (χ0v) is 16.7. The van der Waals surface area contributed by atoms with E-state index in [1.54, 1.807) is 7.11 Å². The first kappa shape index (κ1) is 17.9. The molecule has 148 valence electrons. The van der Waals surface area contributed by atoms with Crippen molar-refractivity contribution in [3.8, 4) is 5.75 Å². The van der Waals surface area contributed by atoms with E-state index in [9.17, 15) is 4.79 Å². The summed E-state index contributed by atoms with van der Waals surface area (Å²) in [5.74, 6) is 0.677. The second-order valence-electron chi connectivity index (χ2n) is 7.04. The molecule has 1 amide bonds. The van der Waals surface area contributed by atoms with Crippen LogP contribution < -0.4 is 15.0 Å². The quantitative estimate of drug-likeness (QED) is 0.542. The first-order chi connectivity index (χ1) is 14.2. The molecule has 7 nitrogen and oxygen atoms in total. The number of anilines is 2. The van der Waals surface area contributed by atoms with Crippen LogP contribution in [-0.4, -0.2) is 36.1 Å². The maximum absolute atomic E-state index is 12.7. The highest BCUT2D eigenvalue weighted by Crippen LogP contribution is 2.33. The molecule has 0 radical (unpaired) electrons. The lowest BCUT2D eigenvalue weighted by Gasteiger charge is -2.29. The van der Waals surface area contributed by atoms with Gasteiger partial charge < -0.3 is 19.4 Å². The Morgan fingerprint density at radius 1 is 1.17 bits per heavy atom. The van der Waals surface area contributed by atoms with Crippen molar-refractivity contribution in [3.05, 3.63) is 42.5 Å². The predicted octanol–water partition coefficient (Wildman–Crippen LogP) is 4.30. The molecule has 0 aliphatic carbocycles. The van der Waals surface area contributed by atoms with Crippen molar-refractivity contribution in [2.75, 3.05) is 30.4 Å². The fraction of sp³-hybridized carbons (Fsp3) is 0.286. The summed E-state index contributed by atoms with van der Waals surface area (Å²) in [4.78, 5) is 23.9. The summed E-state index contributed by atoms with van der Waals surface area (Å²) in [5.41, 5.74) is 2.42. The van der Waals surface area contributed by atoms with Gasteiger partial charge in [-0.3, -0.25) is 4.79 Å². The number of benzene rings is 2. The average Bonchev–Trinajstić information content (AvgIpc) is 3.37. The number of aromatic nitrogens is 2. The molecule has 0 saturated carbocycles. The number of rotatable bonds is 4. The van der Waals surface area contributed by atoms with E-state index in [2.05, 4.69) is 20.2 Å². The van der Waals surface area contributed by atoms with E-state index in [0.29, 0.717) is 16.9 Å². The molecule has 0 bridgehead atoms. The Morgan fingerprint density at radius 2 is 2.00 bits per heavy atom. The lowest BCUT2D eigenvalue weighted by molar-refractivity contribution is -0.120. The van der Waals surface area contributed by atoms with E-state index in [-0.39, 0.29) is 11.8 Å². The smallest absolute Gasteiger partial charge is 0.298 e. The van der Waals surface area contributed by atoms with Crippen LogP contribution in [0, 0.1) is 5.92 Å². The molecule has 0 spiro atoms. The largest absolute Gasteiger partial charge is 0.494 e. The number of oxazole rings is 1. The van der Waals surface area contributed by atoms with Gasteiger partial charge >= 0.3 is 0 Å². The Bertz CT molecular complexity index is 1140. The SMILES string of the molecule is COc1cccc2sc(NC(=O)C3CCN(c4nc5ccccc5o4)CC3)nc12. The molecule has 1 saturated heterocycles. The minimum atomic E-state index is -0.0514. The number of fused-ring (bicyclic) bond motifs is 2. The Morgan fingerprint density at radius 3 is 2.79 bits per heavy atom. The average molecular weight is 408 g/mol. The van der Waals surface area contributed by atoms with E-state index in [1.165, 1.54) is 11.3 Å². The van der Waals surface area contributed by atoms with Crippen molar-refractivity contribution in [2.24, 2.45) is 5.92 Å². The van der Waals surface area contributed by atoms with Crippen LogP contribution in [0.4, 0.5) is 11.1 Å². The molecule has 1 aliphatic heterocycles. The van der Waals surface area contributed by atoms with Crippen LogP contribution in [0.25, 0.3) is 21.3 Å². The van der Waals surface area contributed by atoms with Gasteiger partial charge in [0, 0.05) is 19.0 Å². The van der Waals surface area contributed by atoms with Gasteiger partial charge in [-0.25, -0.2) is 4.98 Å². The minimum Gasteiger partial charge on any atom is -0.494 e. The van der Waals surface area contributed by atoms with E-state index in [1.807, 2.05) is 42.5 Å². The number of piperidine rings is 1. The number of methoxy groups -OCH3 is 1. The molecule has 5 rings (SSSR count). The van der Waals surface area contributed by atoms with Gasteiger partial charge in [-0.05, 0) is 37.1 Å². The molecule has 29 heavy (non-hydrogen) atoms. The van der Waals surface area contributed by atoms with E-state index < -0.39 is 0 Å². The van der Waals surface area contributed by atoms with Crippen LogP contribution in [-0.2, 0) is 4.79 Å². The summed E-state index contributed by atoms with van der Waals surface area (Å²) < 4.78 is 12.2. The molecule has 0 atom stereocenters. The molecule has 8 heteroatoms. The molecule has 1 fully saturated rings. The Balaban J connectivity index is 1.24. The monoisotopic (exact) mass is 408 g/mol. The van der Waals surface area contributed by atoms with Crippen LogP contribution in [0.3, 0.4) is 0 Å². The molecule has 0 unspecified atom stereocenters. The van der Waals surface area contributed by atoms with Crippen molar-refractivity contribution in [3.63, 3.8) is 0 Å². The third-order valence-electron chi connectivity index (χ3n) is 5.25. The first-order valence-electron chi connectivity index (χ1n) is 9.56. The summed E-state index contributed by atoms with van der Waals surface area (Å²) >= 11 is 1.46. The van der Waals surface area contributed by atoms with Crippen LogP contribution in [0.1, 0.15) is 12.8 Å². The van der Waals surface area contributed by atoms with Gasteiger partial charge in [-0.15, -0.1) is 0 Å². The highest BCUT2D eigenvalue weighted by Gasteiger charge is 2.28. The number of amides is 1. The molecule has 3 heterocycles. The molecule has 4 aromatic rings. The fourth-order valence-corrected chi connectivity index (χ4v) is 4.56. The van der Waals surface area contributed by atoms with Crippen molar-refractivity contribution >= 4 is 49.7 Å². The second kappa shape index (κ2) is 7.36. The third-order valence-corrected chi connectivity index (χ3v) is 6.19. The van der Waals surface area contributed by atoms with Gasteiger partial charge in [0.05, 0.1) is 11.8 Å². The number of nitrogens with zero attached hydrogens (tertiary/aromatic N) is 3. The van der Waals surface area contributed by atoms with Gasteiger partial charge in [0.15, 0.2) is 10.7 Å². The van der Waals surface area contributed by atoms with Crippen molar-refractivity contribution in [1.82, 2.24) is 9.97 Å². The Hall–Kier alpha value is -3.13. The normalized spacial score (nSPS) is 15.1. The van der Waals surface area contributed by atoms with E-state index in [4.69, 9.17) is 9.15 Å². The minimum absolute atomic E-state index is 0.0141. The highest BCUT2D eigenvalue weighted by molar-refractivity contribution is 7.22. The third kappa shape index (κ3) is 3.40. The maximum atomic E-state index is 12.7. The summed E-state index contributed by atoms with van der Waals surface area (Å²) in [5, 5.41) is 3.59. The lowest BCUT2D eigenvalue weighted by Crippen LogP contribution is -2.38. The van der Waals surface area contributed by atoms with E-state index in [0.717, 1.165) is 47.2 Å². The maximum Gasteiger partial charge on any atom is 0.298 e. The number of para-hydroxylation sites is 3. The molecule has 2 aromatic carbocycles. The second-order valence-corrected chi connectivity index (χ2v) is 8.07. The van der Waals surface area contributed by atoms with Crippen molar-refractivity contribution < 1.29 is 13.9 Å². The molecular formula is C21H20N4O3S. The van der Waals surface area contributed by atoms with Crippen molar-refractivity contribution in [1.29, 1.82) is 0 Å². The number of hydrogen-bond acceptors (Lipinski definition) is 7. The number of carbonyl (C=O) groups excluding carboxylic acids is 1. The fourth-order valence-electron chi connectivity index (χ4n) is 3.68. The first-order valence-corrected chi connectivity index (χ1v) is 10.4. The predicted molar refractivity (Wildman–Crippen MR) is 114 cm³/mol. The van der Waals surface area contributed by atoms with Crippen LogP contribution >= 0.6 is 11.3 Å². The lowest BCUT2D eigenvalue weighted by atomic mass is 9.96. The topological polar surface area (TPSA) is 80.5 Å². The van der Waals surface area contributed by atoms with Gasteiger partial charge in [0.1, 0.15) is 16.8 Å². The van der Waals surface area contributed by atoms with Crippen LogP contribution in [0.15, 0.2) is 46.9 Å². The number of nitrogens with one attached hydrogen (secondary N) is 1. The van der Waals surface area contributed by atoms with Gasteiger partial charge in [-0.2, -0.15) is 4.98 Å². The van der Waals surface area contributed by atoms with Gasteiger partial charge in [0.2, 0.25) is 5.91 Å². The van der Waals surface area contributed by atoms with Gasteiger partial charge in [0.25, 0.3) is 6.01 Å². The summed E-state index contributed by atoms with van der Waals surface area (Å²) in [7, 11) is 1.62. The number of ether oxygens (including phenoxy) is 1. The number of carbonyl (C=O) groups is 1. The number of thiazole rings is 1. The highest BCUT2D eigenvalue weighted by atomic mass is 32.1. The zero-order chi connectivity index (χ0) is 19.8.